The molecule has 1 aliphatic heterocycles. The topological polar surface area (TPSA) is 62.7 Å². The maximum Gasteiger partial charge on any atom is 0.243 e. The van der Waals surface area contributed by atoms with Crippen LogP contribution in [0.4, 0.5) is 5.95 Å². The molecule has 2 rings (SSSR count). The molecule has 0 amide bonds. The summed E-state index contributed by atoms with van der Waals surface area (Å²) >= 11 is 0. The predicted octanol–water partition coefficient (Wildman–Crippen LogP) is 0.344. The van der Waals surface area contributed by atoms with E-state index in [2.05, 4.69) is 25.8 Å². The Bertz CT molecular complexity index is 295. The summed E-state index contributed by atoms with van der Waals surface area (Å²) in [6, 6.07) is 0.437. The third-order valence-electron chi connectivity index (χ3n) is 2.31. The van der Waals surface area contributed by atoms with Crippen molar-refractivity contribution in [3.8, 4) is 0 Å². The van der Waals surface area contributed by atoms with Gasteiger partial charge in [-0.2, -0.15) is 5.10 Å². The molecule has 14 heavy (non-hydrogen) atoms. The SMILES string of the molecule is Cc1cnnc(N[C@@H]2CCCNC2)n1. The molecule has 0 aliphatic carbocycles. The van der Waals surface area contributed by atoms with Crippen LogP contribution in [0.25, 0.3) is 0 Å². The number of aromatic nitrogens is 3. The highest BCUT2D eigenvalue weighted by molar-refractivity contribution is 5.24. The number of hydrogen-bond acceptors (Lipinski definition) is 5. The molecule has 2 N–H and O–H groups in total. The highest BCUT2D eigenvalue weighted by Gasteiger charge is 2.13. The van der Waals surface area contributed by atoms with E-state index >= 15 is 0 Å². The van der Waals surface area contributed by atoms with Gasteiger partial charge >= 0.3 is 0 Å². The van der Waals surface area contributed by atoms with Crippen molar-refractivity contribution in [2.75, 3.05) is 18.4 Å². The molecule has 5 heteroatoms. The molecule has 1 aromatic heterocycles. The normalized spacial score (nSPS) is 21.9. The summed E-state index contributed by atoms with van der Waals surface area (Å²) < 4.78 is 0. The van der Waals surface area contributed by atoms with Gasteiger partial charge in [0, 0.05) is 12.6 Å². The van der Waals surface area contributed by atoms with Crippen LogP contribution in [-0.4, -0.2) is 34.3 Å². The van der Waals surface area contributed by atoms with Gasteiger partial charge in [-0.1, -0.05) is 0 Å². The Kier molecular flexibility index (Phi) is 2.88. The largest absolute Gasteiger partial charge is 0.349 e. The Labute approximate surface area is 83.3 Å². The minimum absolute atomic E-state index is 0.437. The molecule has 0 radical (unpaired) electrons. The summed E-state index contributed by atoms with van der Waals surface area (Å²) in [6.45, 7) is 4.02. The van der Waals surface area contributed by atoms with Crippen molar-refractivity contribution in [2.45, 2.75) is 25.8 Å². The van der Waals surface area contributed by atoms with E-state index in [1.165, 1.54) is 12.8 Å². The quantitative estimate of drug-likeness (QED) is 0.709. The zero-order valence-electron chi connectivity index (χ0n) is 8.32. The van der Waals surface area contributed by atoms with E-state index in [0.717, 1.165) is 18.8 Å². The number of nitrogens with one attached hydrogen (secondary N) is 2. The predicted molar refractivity (Wildman–Crippen MR) is 54.1 cm³/mol. The molecule has 1 aliphatic rings. The molecular weight excluding hydrogens is 178 g/mol. The van der Waals surface area contributed by atoms with E-state index in [0.29, 0.717) is 12.0 Å². The fourth-order valence-corrected chi connectivity index (χ4v) is 1.60. The van der Waals surface area contributed by atoms with Gasteiger partial charge in [-0.15, -0.1) is 5.10 Å². The van der Waals surface area contributed by atoms with Gasteiger partial charge in [-0.05, 0) is 26.3 Å². The van der Waals surface area contributed by atoms with Gasteiger partial charge < -0.3 is 10.6 Å². The average Bonchev–Trinajstić information content (AvgIpc) is 2.19. The molecule has 1 aromatic rings. The molecule has 2 heterocycles. The van der Waals surface area contributed by atoms with Gasteiger partial charge in [-0.25, -0.2) is 4.98 Å². The standard InChI is InChI=1S/C9H15N5/c1-7-5-11-14-9(12-7)13-8-3-2-4-10-6-8/h5,8,10H,2-4,6H2,1H3,(H,12,13,14)/t8-/m1/s1. The van der Waals surface area contributed by atoms with Crippen molar-refractivity contribution in [1.82, 2.24) is 20.5 Å². The molecule has 0 aromatic carbocycles. The van der Waals surface area contributed by atoms with Gasteiger partial charge in [0.25, 0.3) is 0 Å². The van der Waals surface area contributed by atoms with Crippen LogP contribution in [0, 0.1) is 6.92 Å². The lowest BCUT2D eigenvalue weighted by atomic mass is 10.1. The van der Waals surface area contributed by atoms with Crippen LogP contribution in [-0.2, 0) is 0 Å². The van der Waals surface area contributed by atoms with E-state index in [1.807, 2.05) is 6.92 Å². The number of anilines is 1. The molecule has 0 saturated carbocycles. The number of aryl methyl sites for hydroxylation is 1. The van der Waals surface area contributed by atoms with Crippen LogP contribution in [0.1, 0.15) is 18.5 Å². The second kappa shape index (κ2) is 4.32. The van der Waals surface area contributed by atoms with Gasteiger partial charge in [0.05, 0.1) is 11.9 Å². The van der Waals surface area contributed by atoms with Crippen LogP contribution in [0.15, 0.2) is 6.20 Å². The average molecular weight is 193 g/mol. The smallest absolute Gasteiger partial charge is 0.243 e. The maximum atomic E-state index is 4.25. The fraction of sp³-hybridized carbons (Fsp3) is 0.667. The summed E-state index contributed by atoms with van der Waals surface area (Å²) in [5.41, 5.74) is 0.895. The first kappa shape index (κ1) is 9.33. The number of hydrogen-bond donors (Lipinski definition) is 2. The molecule has 0 spiro atoms. The Hall–Kier alpha value is -1.23. The summed E-state index contributed by atoms with van der Waals surface area (Å²) in [4.78, 5) is 4.25. The monoisotopic (exact) mass is 193 g/mol. The zero-order valence-corrected chi connectivity index (χ0v) is 8.32. The molecule has 1 fully saturated rings. The van der Waals surface area contributed by atoms with E-state index in [9.17, 15) is 0 Å². The van der Waals surface area contributed by atoms with E-state index in [4.69, 9.17) is 0 Å². The van der Waals surface area contributed by atoms with Crippen molar-refractivity contribution in [3.05, 3.63) is 11.9 Å². The second-order valence-electron chi connectivity index (χ2n) is 3.61. The van der Waals surface area contributed by atoms with E-state index in [1.54, 1.807) is 6.20 Å². The Morgan fingerprint density at radius 1 is 1.57 bits per heavy atom. The van der Waals surface area contributed by atoms with E-state index < -0.39 is 0 Å². The second-order valence-corrected chi connectivity index (χ2v) is 3.61. The molecule has 1 saturated heterocycles. The summed E-state index contributed by atoms with van der Waals surface area (Å²) in [5, 5.41) is 14.4. The van der Waals surface area contributed by atoms with Crippen molar-refractivity contribution in [2.24, 2.45) is 0 Å². The van der Waals surface area contributed by atoms with Crippen molar-refractivity contribution >= 4 is 5.95 Å². The van der Waals surface area contributed by atoms with Crippen molar-refractivity contribution < 1.29 is 0 Å². The van der Waals surface area contributed by atoms with Gasteiger partial charge in [0.15, 0.2) is 0 Å². The van der Waals surface area contributed by atoms with Crippen LogP contribution < -0.4 is 10.6 Å². The number of nitrogens with zero attached hydrogens (tertiary/aromatic N) is 3. The van der Waals surface area contributed by atoms with E-state index in [-0.39, 0.29) is 0 Å². The summed E-state index contributed by atoms with van der Waals surface area (Å²) in [5.74, 6) is 0.638. The Balaban J connectivity index is 1.95. The summed E-state index contributed by atoms with van der Waals surface area (Å²) in [6.07, 6.45) is 4.03. The lowest BCUT2D eigenvalue weighted by Crippen LogP contribution is -2.38. The Morgan fingerprint density at radius 2 is 2.50 bits per heavy atom. The molecule has 0 unspecified atom stereocenters. The number of piperidine rings is 1. The highest BCUT2D eigenvalue weighted by atomic mass is 15.2. The van der Waals surface area contributed by atoms with Crippen LogP contribution in [0.5, 0.6) is 0 Å². The Morgan fingerprint density at radius 3 is 3.21 bits per heavy atom. The van der Waals surface area contributed by atoms with Gasteiger partial charge in [0.2, 0.25) is 5.95 Å². The lowest BCUT2D eigenvalue weighted by Gasteiger charge is -2.23. The minimum atomic E-state index is 0.437. The van der Waals surface area contributed by atoms with Gasteiger partial charge in [0.1, 0.15) is 0 Å². The highest BCUT2D eigenvalue weighted by Crippen LogP contribution is 2.07. The van der Waals surface area contributed by atoms with Crippen LogP contribution >= 0.6 is 0 Å². The van der Waals surface area contributed by atoms with Crippen LogP contribution in [0.2, 0.25) is 0 Å². The molecule has 1 atom stereocenters. The minimum Gasteiger partial charge on any atom is -0.349 e. The first-order valence-electron chi connectivity index (χ1n) is 4.98. The third-order valence-corrected chi connectivity index (χ3v) is 2.31. The first-order chi connectivity index (χ1) is 6.84. The van der Waals surface area contributed by atoms with Gasteiger partial charge in [-0.3, -0.25) is 0 Å². The lowest BCUT2D eigenvalue weighted by molar-refractivity contribution is 0.477. The van der Waals surface area contributed by atoms with Crippen molar-refractivity contribution in [3.63, 3.8) is 0 Å². The van der Waals surface area contributed by atoms with Crippen molar-refractivity contribution in [1.29, 1.82) is 0 Å². The maximum absolute atomic E-state index is 4.25. The fourth-order valence-electron chi connectivity index (χ4n) is 1.60. The molecule has 5 nitrogen and oxygen atoms in total. The first-order valence-corrected chi connectivity index (χ1v) is 4.98. The van der Waals surface area contributed by atoms with Crippen LogP contribution in [0.3, 0.4) is 0 Å². The summed E-state index contributed by atoms with van der Waals surface area (Å²) in [7, 11) is 0. The molecular formula is C9H15N5. The zero-order chi connectivity index (χ0) is 9.80. The number of rotatable bonds is 2. The molecule has 76 valence electrons. The third kappa shape index (κ3) is 2.38. The molecule has 0 bridgehead atoms.